The molecule has 0 spiro atoms. The van der Waals surface area contributed by atoms with Gasteiger partial charge in [0.2, 0.25) is 0 Å². The van der Waals surface area contributed by atoms with Gasteiger partial charge < -0.3 is 0 Å². The SMILES string of the molecule is C[C@@H]1C[Se](C[C@H]2OC(c3ccccc3)OCC2OS(=O)(=O)[O-])C[C@H](OCc2ccccc2)[C@H]1OCc1ccccc1. The van der Waals surface area contributed by atoms with Crippen LogP contribution in [-0.4, -0.2) is 57.9 Å². The molecule has 0 aliphatic carbocycles. The molecule has 8 nitrogen and oxygen atoms in total. The van der Waals surface area contributed by atoms with Crippen LogP contribution in [0.5, 0.6) is 0 Å². The molecule has 221 valence electrons. The monoisotopic (exact) mass is 648 g/mol. The van der Waals surface area contributed by atoms with E-state index in [2.05, 4.69) is 19.1 Å². The van der Waals surface area contributed by atoms with Crippen molar-refractivity contribution >= 4 is 24.3 Å². The van der Waals surface area contributed by atoms with Gasteiger partial charge >= 0.3 is 247 Å². The number of hydrogen-bond acceptors (Lipinski definition) is 8. The third-order valence-electron chi connectivity index (χ3n) is 7.26. The molecule has 0 aromatic heterocycles. The summed E-state index contributed by atoms with van der Waals surface area (Å²) in [5.74, 6) is 0.227. The fraction of sp³-hybridized carbons (Fsp3) is 0.419. The Labute approximate surface area is 246 Å². The first kappa shape index (κ1) is 30.4. The topological polar surface area (TPSA) is 103 Å². The third kappa shape index (κ3) is 8.94. The van der Waals surface area contributed by atoms with Crippen molar-refractivity contribution in [2.75, 3.05) is 6.61 Å². The fourth-order valence-corrected chi connectivity index (χ4v) is 11.8. The van der Waals surface area contributed by atoms with E-state index in [9.17, 15) is 13.0 Å². The van der Waals surface area contributed by atoms with E-state index in [4.69, 9.17) is 23.1 Å². The van der Waals surface area contributed by atoms with Crippen LogP contribution in [0.25, 0.3) is 0 Å². The standard InChI is InChI=1S/C31H37O8SSe/c1-23-20-41(21-28-27(39-40(32,33)34)19-37-31(38-28)26-15-9-4-10-16-26)22-29(35-17-24-11-5-2-6-12-24)30(23)36-18-25-13-7-3-8-14-25/h2-16,23,27-31H,17-22H2,1H3,(H,32,33,34)/p-1/t23-,27?,28-,29+,30+,31?/m1/s1. The van der Waals surface area contributed by atoms with Crippen molar-refractivity contribution in [2.24, 2.45) is 5.92 Å². The van der Waals surface area contributed by atoms with E-state index >= 15 is 0 Å². The molecule has 41 heavy (non-hydrogen) atoms. The van der Waals surface area contributed by atoms with E-state index in [0.717, 1.165) is 27.3 Å². The molecule has 2 heterocycles. The molecule has 2 aliphatic rings. The summed E-state index contributed by atoms with van der Waals surface area (Å²) in [5, 5.41) is 2.40. The summed E-state index contributed by atoms with van der Waals surface area (Å²) < 4.78 is 64.6. The Morgan fingerprint density at radius 2 is 1.41 bits per heavy atom. The Hall–Kier alpha value is -2.11. The summed E-state index contributed by atoms with van der Waals surface area (Å²) in [4.78, 5) is 0. The average molecular weight is 648 g/mol. The van der Waals surface area contributed by atoms with E-state index in [1.165, 1.54) is 0 Å². The predicted octanol–water partition coefficient (Wildman–Crippen LogP) is 5.26. The van der Waals surface area contributed by atoms with Gasteiger partial charge in [0.25, 0.3) is 0 Å². The maximum atomic E-state index is 11.5. The second-order valence-electron chi connectivity index (χ2n) is 10.5. The molecule has 2 unspecified atom stereocenters. The summed E-state index contributed by atoms with van der Waals surface area (Å²) in [5.41, 5.74) is 3.04. The summed E-state index contributed by atoms with van der Waals surface area (Å²) in [6.07, 6.45) is -2.45. The average Bonchev–Trinajstić information content (AvgIpc) is 2.97. The number of rotatable bonds is 11. The molecule has 5 rings (SSSR count). The van der Waals surface area contributed by atoms with Gasteiger partial charge in [-0.25, -0.2) is 0 Å². The van der Waals surface area contributed by atoms with Crippen molar-refractivity contribution in [2.45, 2.75) is 66.8 Å². The van der Waals surface area contributed by atoms with E-state index in [1.54, 1.807) is 0 Å². The van der Waals surface area contributed by atoms with Crippen LogP contribution in [0.15, 0.2) is 91.0 Å². The van der Waals surface area contributed by atoms with Gasteiger partial charge in [0.1, 0.15) is 0 Å². The molecular formula is C31H36O8SSe-. The Morgan fingerprint density at radius 1 is 0.829 bits per heavy atom. The van der Waals surface area contributed by atoms with Crippen LogP contribution in [0.3, 0.4) is 0 Å². The normalized spacial score (nSPS) is 27.5. The molecule has 10 heteroatoms. The maximum absolute atomic E-state index is 11.5. The van der Waals surface area contributed by atoms with Gasteiger partial charge in [-0.15, -0.1) is 0 Å². The molecule has 1 radical (unpaired) electrons. The third-order valence-corrected chi connectivity index (χ3v) is 13.2. The van der Waals surface area contributed by atoms with Crippen LogP contribution in [0, 0.1) is 5.92 Å². The zero-order chi connectivity index (χ0) is 28.7. The van der Waals surface area contributed by atoms with Crippen molar-refractivity contribution in [3.05, 3.63) is 108 Å². The Kier molecular flexibility index (Phi) is 10.6. The van der Waals surface area contributed by atoms with Gasteiger partial charge in [0.05, 0.1) is 0 Å². The minimum absolute atomic E-state index is 0.0448. The van der Waals surface area contributed by atoms with Crippen molar-refractivity contribution in [3.8, 4) is 0 Å². The first-order valence-corrected chi connectivity index (χ1v) is 18.7. The van der Waals surface area contributed by atoms with Gasteiger partial charge in [-0.2, -0.15) is 0 Å². The van der Waals surface area contributed by atoms with Crippen molar-refractivity contribution in [1.82, 2.24) is 0 Å². The van der Waals surface area contributed by atoms with E-state index in [0.29, 0.717) is 18.5 Å². The van der Waals surface area contributed by atoms with Crippen molar-refractivity contribution in [3.63, 3.8) is 0 Å². The summed E-state index contributed by atoms with van der Waals surface area (Å²) in [6.45, 7) is 3.13. The van der Waals surface area contributed by atoms with Crippen LogP contribution in [-0.2, 0) is 46.7 Å². The zero-order valence-corrected chi connectivity index (χ0v) is 25.5. The zero-order valence-electron chi connectivity index (χ0n) is 22.9. The molecule has 2 aliphatic heterocycles. The number of hydrogen-bond donors (Lipinski definition) is 0. The van der Waals surface area contributed by atoms with Gasteiger partial charge in [-0.3, -0.25) is 0 Å². The molecule has 0 saturated carbocycles. The van der Waals surface area contributed by atoms with E-state index in [1.807, 2.05) is 78.9 Å². The molecule has 6 atom stereocenters. The summed E-state index contributed by atoms with van der Waals surface area (Å²) in [7, 11) is -4.92. The van der Waals surface area contributed by atoms with E-state index < -0.39 is 42.8 Å². The Morgan fingerprint density at radius 3 is 2.02 bits per heavy atom. The number of ether oxygens (including phenoxy) is 4. The van der Waals surface area contributed by atoms with Crippen LogP contribution in [0.2, 0.25) is 16.0 Å². The van der Waals surface area contributed by atoms with E-state index in [-0.39, 0.29) is 24.7 Å². The Balaban J connectivity index is 1.30. The molecule has 3 aromatic rings. The first-order chi connectivity index (χ1) is 19.8. The fourth-order valence-electron chi connectivity index (χ4n) is 5.30. The molecule has 2 fully saturated rings. The Bertz CT molecular complexity index is 1310. The van der Waals surface area contributed by atoms with Gasteiger partial charge in [0, 0.05) is 0 Å². The van der Waals surface area contributed by atoms with Crippen molar-refractivity contribution in [1.29, 1.82) is 0 Å². The quantitative estimate of drug-likeness (QED) is 0.158. The molecule has 0 amide bonds. The van der Waals surface area contributed by atoms with Crippen LogP contribution in [0.1, 0.15) is 29.9 Å². The molecule has 2 saturated heterocycles. The molecule has 3 aromatic carbocycles. The second kappa shape index (κ2) is 14.4. The van der Waals surface area contributed by atoms with Crippen LogP contribution < -0.4 is 0 Å². The van der Waals surface area contributed by atoms with Gasteiger partial charge in [-0.05, 0) is 0 Å². The van der Waals surface area contributed by atoms with Crippen molar-refractivity contribution < 1.29 is 36.1 Å². The first-order valence-electron chi connectivity index (χ1n) is 13.8. The van der Waals surface area contributed by atoms with Crippen LogP contribution in [0.4, 0.5) is 0 Å². The van der Waals surface area contributed by atoms with Gasteiger partial charge in [0.15, 0.2) is 0 Å². The molecule has 0 bridgehead atoms. The van der Waals surface area contributed by atoms with Crippen LogP contribution >= 0.6 is 0 Å². The summed E-state index contributed by atoms with van der Waals surface area (Å²) >= 11 is -1.40. The summed E-state index contributed by atoms with van der Waals surface area (Å²) in [6, 6.07) is 29.7. The predicted molar refractivity (Wildman–Crippen MR) is 154 cm³/mol. The molecule has 0 N–H and O–H groups in total. The second-order valence-corrected chi connectivity index (χ2v) is 16.2. The van der Waals surface area contributed by atoms with Gasteiger partial charge in [-0.1, -0.05) is 0 Å². The number of benzene rings is 3. The minimum atomic E-state index is -4.92. The molecular weight excluding hydrogens is 611 g/mol.